The molecule has 0 bridgehead atoms. The van der Waals surface area contributed by atoms with Crippen LogP contribution in [0.25, 0.3) is 0 Å². The zero-order valence-corrected chi connectivity index (χ0v) is 11.3. The van der Waals surface area contributed by atoms with Crippen LogP contribution in [-0.4, -0.2) is 21.1 Å². The van der Waals surface area contributed by atoms with Crippen molar-refractivity contribution in [3.05, 3.63) is 33.1 Å². The molecule has 1 aromatic heterocycles. The summed E-state index contributed by atoms with van der Waals surface area (Å²) >= 11 is 0. The molecule has 1 aromatic rings. The average molecular weight is 265 g/mol. The van der Waals surface area contributed by atoms with Gasteiger partial charge in [-0.15, -0.1) is 0 Å². The zero-order valence-electron chi connectivity index (χ0n) is 11.3. The van der Waals surface area contributed by atoms with Gasteiger partial charge < -0.3 is 5.32 Å². The highest BCUT2D eigenvalue weighted by Gasteiger charge is 2.22. The van der Waals surface area contributed by atoms with Crippen molar-refractivity contribution < 1.29 is 4.79 Å². The Balaban J connectivity index is 2.01. The summed E-state index contributed by atoms with van der Waals surface area (Å²) in [4.78, 5) is 34.9. The van der Waals surface area contributed by atoms with Crippen molar-refractivity contribution >= 4 is 5.91 Å². The topological polar surface area (TPSA) is 73.1 Å². The number of nitrogens with zero attached hydrogens (tertiary/aromatic N) is 2. The maximum atomic E-state index is 11.9. The molecule has 6 nitrogen and oxygen atoms in total. The van der Waals surface area contributed by atoms with Crippen molar-refractivity contribution in [2.75, 3.05) is 0 Å². The summed E-state index contributed by atoms with van der Waals surface area (Å²) in [6.07, 6.45) is 4.48. The van der Waals surface area contributed by atoms with Gasteiger partial charge in [0.25, 0.3) is 5.56 Å². The number of hydrogen-bond acceptors (Lipinski definition) is 3. The van der Waals surface area contributed by atoms with Crippen molar-refractivity contribution in [1.82, 2.24) is 14.5 Å². The molecule has 0 radical (unpaired) electrons. The van der Waals surface area contributed by atoms with Crippen molar-refractivity contribution in [2.45, 2.75) is 38.8 Å². The van der Waals surface area contributed by atoms with Gasteiger partial charge in [0.1, 0.15) is 6.54 Å². The molecule has 2 atom stereocenters. The highest BCUT2D eigenvalue weighted by Crippen LogP contribution is 2.24. The lowest BCUT2D eigenvalue weighted by Gasteiger charge is -2.13. The van der Waals surface area contributed by atoms with Crippen LogP contribution in [-0.2, 0) is 18.4 Å². The molecule has 0 saturated heterocycles. The van der Waals surface area contributed by atoms with E-state index in [1.54, 1.807) is 0 Å². The van der Waals surface area contributed by atoms with Crippen LogP contribution in [0.15, 0.2) is 21.9 Å². The van der Waals surface area contributed by atoms with Crippen LogP contribution in [0.2, 0.25) is 0 Å². The van der Waals surface area contributed by atoms with E-state index >= 15 is 0 Å². The first-order valence-electron chi connectivity index (χ1n) is 6.53. The van der Waals surface area contributed by atoms with E-state index in [4.69, 9.17) is 0 Å². The van der Waals surface area contributed by atoms with E-state index in [9.17, 15) is 14.4 Å². The van der Waals surface area contributed by atoms with E-state index in [1.165, 1.54) is 23.9 Å². The Morgan fingerprint density at radius 1 is 1.42 bits per heavy atom. The third-order valence-corrected chi connectivity index (χ3v) is 3.63. The predicted octanol–water partition coefficient (Wildman–Crippen LogP) is -0.148. The second kappa shape index (κ2) is 5.42. The molecule has 1 fully saturated rings. The summed E-state index contributed by atoms with van der Waals surface area (Å²) in [5.74, 6) is 0.463. The lowest BCUT2D eigenvalue weighted by atomic mass is 10.1. The van der Waals surface area contributed by atoms with Crippen LogP contribution in [0.5, 0.6) is 0 Å². The van der Waals surface area contributed by atoms with Gasteiger partial charge in [0.2, 0.25) is 5.91 Å². The maximum Gasteiger partial charge on any atom is 0.331 e. The van der Waals surface area contributed by atoms with Gasteiger partial charge in [-0.05, 0) is 25.2 Å². The highest BCUT2D eigenvalue weighted by molar-refractivity contribution is 5.76. The standard InChI is InChI=1S/C13H19N3O3/c1-9-3-4-10(7-9)14-11(17)8-16-6-5-12(18)15(2)13(16)19/h5-6,9-10H,3-4,7-8H2,1-2H3,(H,14,17). The maximum absolute atomic E-state index is 11.9. The van der Waals surface area contributed by atoms with Gasteiger partial charge in [-0.25, -0.2) is 4.79 Å². The van der Waals surface area contributed by atoms with E-state index in [-0.39, 0.29) is 24.1 Å². The van der Waals surface area contributed by atoms with Crippen LogP contribution in [0, 0.1) is 5.92 Å². The molecule has 1 aliphatic carbocycles. The molecule has 2 rings (SSSR count). The van der Waals surface area contributed by atoms with Crippen molar-refractivity contribution in [3.63, 3.8) is 0 Å². The minimum absolute atomic E-state index is 0.0438. The van der Waals surface area contributed by atoms with Crippen LogP contribution in [0.1, 0.15) is 26.2 Å². The Hall–Kier alpha value is -1.85. The van der Waals surface area contributed by atoms with Gasteiger partial charge in [0.15, 0.2) is 0 Å². The molecule has 0 spiro atoms. The fraction of sp³-hybridized carbons (Fsp3) is 0.615. The van der Waals surface area contributed by atoms with E-state index in [0.29, 0.717) is 5.92 Å². The second-order valence-electron chi connectivity index (χ2n) is 5.31. The Bertz CT molecular complexity index is 588. The summed E-state index contributed by atoms with van der Waals surface area (Å²) in [6, 6.07) is 1.50. The minimum atomic E-state index is -0.470. The quantitative estimate of drug-likeness (QED) is 0.826. The summed E-state index contributed by atoms with van der Waals surface area (Å²) in [5, 5.41) is 2.93. The number of hydrogen-bond donors (Lipinski definition) is 1. The number of carbonyl (C=O) groups excluding carboxylic acids is 1. The third kappa shape index (κ3) is 3.13. The molecule has 1 saturated carbocycles. The molecule has 104 valence electrons. The fourth-order valence-corrected chi connectivity index (χ4v) is 2.50. The van der Waals surface area contributed by atoms with Crippen LogP contribution in [0.3, 0.4) is 0 Å². The number of nitrogens with one attached hydrogen (secondary N) is 1. The number of rotatable bonds is 3. The molecule has 0 aromatic carbocycles. The van der Waals surface area contributed by atoms with Gasteiger partial charge in [-0.1, -0.05) is 6.92 Å². The molecule has 6 heteroatoms. The van der Waals surface area contributed by atoms with Gasteiger partial charge in [0.05, 0.1) is 0 Å². The fourth-order valence-electron chi connectivity index (χ4n) is 2.50. The third-order valence-electron chi connectivity index (χ3n) is 3.63. The van der Waals surface area contributed by atoms with Gasteiger partial charge in [0, 0.05) is 25.4 Å². The Morgan fingerprint density at radius 3 is 2.79 bits per heavy atom. The molecule has 1 N–H and O–H groups in total. The first-order chi connectivity index (χ1) is 8.97. The summed E-state index contributed by atoms with van der Waals surface area (Å²) in [5.41, 5.74) is -0.839. The molecule has 2 unspecified atom stereocenters. The molecule has 1 heterocycles. The monoisotopic (exact) mass is 265 g/mol. The Kier molecular flexibility index (Phi) is 3.87. The molecular formula is C13H19N3O3. The predicted molar refractivity (Wildman–Crippen MR) is 70.9 cm³/mol. The van der Waals surface area contributed by atoms with E-state index < -0.39 is 5.69 Å². The Morgan fingerprint density at radius 2 is 2.16 bits per heavy atom. The van der Waals surface area contributed by atoms with E-state index in [2.05, 4.69) is 12.2 Å². The van der Waals surface area contributed by atoms with Crippen LogP contribution < -0.4 is 16.6 Å². The molecule has 19 heavy (non-hydrogen) atoms. The number of amides is 1. The molecular weight excluding hydrogens is 246 g/mol. The summed E-state index contributed by atoms with van der Waals surface area (Å²) in [6.45, 7) is 2.13. The van der Waals surface area contributed by atoms with Crippen molar-refractivity contribution in [3.8, 4) is 0 Å². The number of aromatic nitrogens is 2. The largest absolute Gasteiger partial charge is 0.352 e. The second-order valence-corrected chi connectivity index (χ2v) is 5.31. The lowest BCUT2D eigenvalue weighted by molar-refractivity contribution is -0.122. The van der Waals surface area contributed by atoms with Crippen molar-refractivity contribution in [2.24, 2.45) is 13.0 Å². The molecule has 1 amide bonds. The SMILES string of the molecule is CC1CCC(NC(=O)Cn2ccc(=O)n(C)c2=O)C1. The van der Waals surface area contributed by atoms with Crippen molar-refractivity contribution in [1.29, 1.82) is 0 Å². The minimum Gasteiger partial charge on any atom is -0.352 e. The zero-order chi connectivity index (χ0) is 14.0. The highest BCUT2D eigenvalue weighted by atomic mass is 16.2. The average Bonchev–Trinajstić information content (AvgIpc) is 2.75. The summed E-state index contributed by atoms with van der Waals surface area (Å²) < 4.78 is 2.24. The first kappa shape index (κ1) is 13.6. The van der Waals surface area contributed by atoms with E-state index in [0.717, 1.165) is 23.8 Å². The lowest BCUT2D eigenvalue weighted by Crippen LogP contribution is -2.42. The van der Waals surface area contributed by atoms with Crippen LogP contribution in [0.4, 0.5) is 0 Å². The van der Waals surface area contributed by atoms with Gasteiger partial charge in [-0.3, -0.25) is 18.7 Å². The van der Waals surface area contributed by atoms with Gasteiger partial charge in [-0.2, -0.15) is 0 Å². The normalized spacial score (nSPS) is 22.4. The summed E-state index contributed by atoms with van der Waals surface area (Å²) in [7, 11) is 1.40. The van der Waals surface area contributed by atoms with Crippen LogP contribution >= 0.6 is 0 Å². The number of carbonyl (C=O) groups is 1. The van der Waals surface area contributed by atoms with Gasteiger partial charge >= 0.3 is 5.69 Å². The molecule has 0 aliphatic heterocycles. The Labute approximate surface area is 111 Å². The smallest absolute Gasteiger partial charge is 0.331 e. The molecule has 1 aliphatic rings. The first-order valence-corrected chi connectivity index (χ1v) is 6.53. The van der Waals surface area contributed by atoms with E-state index in [1.807, 2.05) is 0 Å².